The highest BCUT2D eigenvalue weighted by molar-refractivity contribution is 5.90. The van der Waals surface area contributed by atoms with E-state index in [0.29, 0.717) is 6.42 Å². The molecule has 13 heavy (non-hydrogen) atoms. The number of aliphatic hydroxyl groups excluding tert-OH is 1. The van der Waals surface area contributed by atoms with Crippen molar-refractivity contribution in [1.82, 2.24) is 0 Å². The van der Waals surface area contributed by atoms with Crippen molar-refractivity contribution in [1.29, 1.82) is 0 Å². The molecule has 0 heterocycles. The molecule has 2 rings (SSSR count). The van der Waals surface area contributed by atoms with Gasteiger partial charge in [-0.1, -0.05) is 12.5 Å². The van der Waals surface area contributed by atoms with E-state index in [1.807, 2.05) is 6.08 Å². The minimum Gasteiger partial charge on any atom is -0.393 e. The van der Waals surface area contributed by atoms with Gasteiger partial charge in [-0.15, -0.1) is 0 Å². The van der Waals surface area contributed by atoms with Gasteiger partial charge >= 0.3 is 0 Å². The number of carbonyl (C=O) groups is 1. The third kappa shape index (κ3) is 1.83. The molecular weight excluding hydrogens is 164 g/mol. The average molecular weight is 180 g/mol. The van der Waals surface area contributed by atoms with Crippen molar-refractivity contribution in [3.8, 4) is 0 Å². The summed E-state index contributed by atoms with van der Waals surface area (Å²) in [6.45, 7) is 0. The summed E-state index contributed by atoms with van der Waals surface area (Å²) < 4.78 is 0. The molecule has 2 unspecified atom stereocenters. The highest BCUT2D eigenvalue weighted by Gasteiger charge is 2.35. The van der Waals surface area contributed by atoms with Gasteiger partial charge < -0.3 is 5.11 Å². The topological polar surface area (TPSA) is 37.3 Å². The lowest BCUT2D eigenvalue weighted by Gasteiger charge is -2.38. The first-order valence-corrected chi connectivity index (χ1v) is 5.10. The van der Waals surface area contributed by atoms with E-state index in [1.165, 1.54) is 0 Å². The van der Waals surface area contributed by atoms with Crippen LogP contribution in [0, 0.1) is 5.41 Å². The standard InChI is InChI=1S/C11H16O2/c12-9-3-6-11(7-4-9)5-1-2-10(13)8-11/h3,6,10,13H,1-2,4-5,7-8H2. The smallest absolute Gasteiger partial charge is 0.155 e. The van der Waals surface area contributed by atoms with E-state index >= 15 is 0 Å². The summed E-state index contributed by atoms with van der Waals surface area (Å²) >= 11 is 0. The van der Waals surface area contributed by atoms with Crippen LogP contribution in [-0.2, 0) is 4.79 Å². The average Bonchev–Trinajstić information content (AvgIpc) is 2.11. The Labute approximate surface area is 78.6 Å². The molecule has 0 aromatic heterocycles. The van der Waals surface area contributed by atoms with Crippen molar-refractivity contribution in [2.24, 2.45) is 5.41 Å². The zero-order valence-corrected chi connectivity index (χ0v) is 7.83. The largest absolute Gasteiger partial charge is 0.393 e. The molecule has 0 radical (unpaired) electrons. The quantitative estimate of drug-likeness (QED) is 0.617. The first kappa shape index (κ1) is 8.95. The number of carbonyl (C=O) groups excluding carboxylic acids is 1. The Morgan fingerprint density at radius 1 is 1.46 bits per heavy atom. The fourth-order valence-electron chi connectivity index (χ4n) is 2.55. The molecule has 0 aromatic carbocycles. The Morgan fingerprint density at radius 3 is 2.92 bits per heavy atom. The third-order valence-corrected chi connectivity index (χ3v) is 3.35. The SMILES string of the molecule is O=C1C=CC2(CCCC(O)C2)CC1. The summed E-state index contributed by atoms with van der Waals surface area (Å²) in [6, 6.07) is 0. The minimum absolute atomic E-state index is 0.147. The van der Waals surface area contributed by atoms with E-state index in [9.17, 15) is 9.90 Å². The van der Waals surface area contributed by atoms with Gasteiger partial charge in [0.2, 0.25) is 0 Å². The molecular formula is C11H16O2. The van der Waals surface area contributed by atoms with Gasteiger partial charge in [-0.2, -0.15) is 0 Å². The highest BCUT2D eigenvalue weighted by Crippen LogP contribution is 2.43. The molecule has 1 fully saturated rings. The van der Waals surface area contributed by atoms with Gasteiger partial charge in [0.05, 0.1) is 6.10 Å². The summed E-state index contributed by atoms with van der Waals surface area (Å²) in [7, 11) is 0. The maximum absolute atomic E-state index is 11.0. The van der Waals surface area contributed by atoms with Gasteiger partial charge in [0.25, 0.3) is 0 Å². The van der Waals surface area contributed by atoms with E-state index in [4.69, 9.17) is 0 Å². The second-order valence-electron chi connectivity index (χ2n) is 4.41. The summed E-state index contributed by atoms with van der Waals surface area (Å²) in [5, 5.41) is 9.57. The predicted octanol–water partition coefficient (Wildman–Crippen LogP) is 1.83. The number of rotatable bonds is 0. The van der Waals surface area contributed by atoms with Crippen LogP contribution in [0.25, 0.3) is 0 Å². The van der Waals surface area contributed by atoms with Crippen molar-refractivity contribution in [2.45, 2.75) is 44.6 Å². The van der Waals surface area contributed by atoms with Crippen LogP contribution in [0.1, 0.15) is 38.5 Å². The molecule has 1 spiro atoms. The Hall–Kier alpha value is -0.630. The molecule has 0 bridgehead atoms. The molecule has 72 valence electrons. The summed E-state index contributed by atoms with van der Waals surface area (Å²) in [5.74, 6) is 0.241. The van der Waals surface area contributed by atoms with Crippen LogP contribution in [0.4, 0.5) is 0 Å². The Bertz CT molecular complexity index is 244. The molecule has 1 saturated carbocycles. The van der Waals surface area contributed by atoms with Crippen LogP contribution in [0.3, 0.4) is 0 Å². The maximum atomic E-state index is 11.0. The second-order valence-corrected chi connectivity index (χ2v) is 4.41. The van der Waals surface area contributed by atoms with E-state index < -0.39 is 0 Å². The number of allylic oxidation sites excluding steroid dienone is 2. The summed E-state index contributed by atoms with van der Waals surface area (Å²) in [4.78, 5) is 11.0. The van der Waals surface area contributed by atoms with Gasteiger partial charge in [0.1, 0.15) is 0 Å². The molecule has 0 aliphatic heterocycles. The number of hydrogen-bond acceptors (Lipinski definition) is 2. The lowest BCUT2D eigenvalue weighted by atomic mass is 9.68. The van der Waals surface area contributed by atoms with Crippen LogP contribution < -0.4 is 0 Å². The van der Waals surface area contributed by atoms with Crippen molar-refractivity contribution < 1.29 is 9.90 Å². The Balaban J connectivity index is 2.11. The number of ketones is 1. The molecule has 0 saturated heterocycles. The van der Waals surface area contributed by atoms with Crippen LogP contribution >= 0.6 is 0 Å². The lowest BCUT2D eigenvalue weighted by Crippen LogP contribution is -2.32. The molecule has 0 aromatic rings. The van der Waals surface area contributed by atoms with Crippen LogP contribution in [0.15, 0.2) is 12.2 Å². The Morgan fingerprint density at radius 2 is 2.31 bits per heavy atom. The monoisotopic (exact) mass is 180 g/mol. The van der Waals surface area contributed by atoms with Gasteiger partial charge in [-0.05, 0) is 37.2 Å². The third-order valence-electron chi connectivity index (χ3n) is 3.35. The van der Waals surface area contributed by atoms with E-state index in [2.05, 4.69) is 0 Å². The number of aliphatic hydroxyl groups is 1. The number of hydrogen-bond donors (Lipinski definition) is 1. The summed E-state index contributed by atoms with van der Waals surface area (Å²) in [6.07, 6.45) is 9.26. The van der Waals surface area contributed by atoms with Crippen molar-refractivity contribution >= 4 is 5.78 Å². The molecule has 1 N–H and O–H groups in total. The van der Waals surface area contributed by atoms with Crippen LogP contribution in [-0.4, -0.2) is 17.0 Å². The van der Waals surface area contributed by atoms with Gasteiger partial charge in [0.15, 0.2) is 5.78 Å². The van der Waals surface area contributed by atoms with Gasteiger partial charge in [-0.3, -0.25) is 4.79 Å². The first-order valence-electron chi connectivity index (χ1n) is 5.10. The van der Waals surface area contributed by atoms with Crippen LogP contribution in [0.5, 0.6) is 0 Å². The minimum atomic E-state index is -0.147. The Kier molecular flexibility index (Phi) is 2.24. The zero-order valence-electron chi connectivity index (χ0n) is 7.83. The molecule has 2 aliphatic carbocycles. The predicted molar refractivity (Wildman–Crippen MR) is 50.3 cm³/mol. The van der Waals surface area contributed by atoms with Gasteiger partial charge in [-0.25, -0.2) is 0 Å². The van der Waals surface area contributed by atoms with Crippen molar-refractivity contribution in [3.63, 3.8) is 0 Å². The van der Waals surface area contributed by atoms with Crippen molar-refractivity contribution in [3.05, 3.63) is 12.2 Å². The van der Waals surface area contributed by atoms with E-state index in [1.54, 1.807) is 6.08 Å². The zero-order chi connectivity index (χ0) is 9.31. The first-order chi connectivity index (χ1) is 6.20. The lowest BCUT2D eigenvalue weighted by molar-refractivity contribution is -0.116. The molecule has 2 atom stereocenters. The second kappa shape index (κ2) is 3.26. The molecule has 2 nitrogen and oxygen atoms in total. The van der Waals surface area contributed by atoms with Gasteiger partial charge in [0, 0.05) is 6.42 Å². The summed E-state index contributed by atoms with van der Waals surface area (Å²) in [5.41, 5.74) is 0.158. The molecule has 0 amide bonds. The van der Waals surface area contributed by atoms with E-state index in [0.717, 1.165) is 32.1 Å². The highest BCUT2D eigenvalue weighted by atomic mass is 16.3. The van der Waals surface area contributed by atoms with Crippen LogP contribution in [0.2, 0.25) is 0 Å². The fourth-order valence-corrected chi connectivity index (χ4v) is 2.55. The van der Waals surface area contributed by atoms with Crippen molar-refractivity contribution in [2.75, 3.05) is 0 Å². The van der Waals surface area contributed by atoms with E-state index in [-0.39, 0.29) is 17.3 Å². The molecule has 2 aliphatic rings. The normalized spacial score (nSPS) is 39.8. The molecule has 2 heteroatoms. The maximum Gasteiger partial charge on any atom is 0.155 e. The fraction of sp³-hybridized carbons (Fsp3) is 0.727.